The molecular formula is C15H18ClN3O. The normalized spacial score (nSPS) is 12.1. The largest absolute Gasteiger partial charge is 0.355 e. The van der Waals surface area contributed by atoms with Gasteiger partial charge in [0.15, 0.2) is 0 Å². The molecule has 0 spiro atoms. The first kappa shape index (κ1) is 14.6. The number of amides is 1. The molecule has 0 aliphatic carbocycles. The molecule has 106 valence electrons. The Bertz CT molecular complexity index is 513. The number of nitrogens with one attached hydrogen (secondary N) is 1. The molecule has 0 saturated heterocycles. The molecule has 4 nitrogen and oxygen atoms in total. The van der Waals surface area contributed by atoms with Crippen LogP contribution < -0.4 is 5.32 Å². The Morgan fingerprint density at radius 2 is 2.10 bits per heavy atom. The Kier molecular flexibility index (Phi) is 5.62. The minimum Gasteiger partial charge on any atom is -0.355 e. The van der Waals surface area contributed by atoms with E-state index in [1.54, 1.807) is 12.5 Å². The van der Waals surface area contributed by atoms with Gasteiger partial charge in [-0.1, -0.05) is 30.3 Å². The molecule has 2 aromatic rings. The van der Waals surface area contributed by atoms with Crippen molar-refractivity contribution in [3.63, 3.8) is 0 Å². The van der Waals surface area contributed by atoms with Gasteiger partial charge in [0.2, 0.25) is 5.91 Å². The topological polar surface area (TPSA) is 46.9 Å². The van der Waals surface area contributed by atoms with Gasteiger partial charge < -0.3 is 9.88 Å². The number of hydrogen-bond acceptors (Lipinski definition) is 2. The summed E-state index contributed by atoms with van der Waals surface area (Å²) in [5.41, 5.74) is 0.824. The van der Waals surface area contributed by atoms with E-state index in [1.807, 2.05) is 41.1 Å². The zero-order valence-corrected chi connectivity index (χ0v) is 12.0. The number of aryl methyl sites for hydroxylation is 1. The summed E-state index contributed by atoms with van der Waals surface area (Å²) in [6, 6.07) is 9.37. The van der Waals surface area contributed by atoms with E-state index in [9.17, 15) is 4.79 Å². The van der Waals surface area contributed by atoms with Gasteiger partial charge in [-0.3, -0.25) is 4.79 Å². The van der Waals surface area contributed by atoms with Gasteiger partial charge in [0, 0.05) is 25.5 Å². The highest BCUT2D eigenvalue weighted by molar-refractivity contribution is 6.30. The lowest BCUT2D eigenvalue weighted by molar-refractivity contribution is -0.120. The van der Waals surface area contributed by atoms with Crippen LogP contribution in [0.1, 0.15) is 23.8 Å². The molecule has 1 heterocycles. The van der Waals surface area contributed by atoms with Crippen molar-refractivity contribution in [2.24, 2.45) is 0 Å². The number of halogens is 1. The minimum absolute atomic E-state index is 0.138. The summed E-state index contributed by atoms with van der Waals surface area (Å²) in [4.78, 5) is 15.9. The van der Waals surface area contributed by atoms with E-state index >= 15 is 0 Å². The fourth-order valence-corrected chi connectivity index (χ4v) is 2.14. The van der Waals surface area contributed by atoms with E-state index in [1.165, 1.54) is 0 Å². The van der Waals surface area contributed by atoms with Crippen molar-refractivity contribution >= 4 is 17.5 Å². The van der Waals surface area contributed by atoms with Crippen LogP contribution in [0.2, 0.25) is 0 Å². The van der Waals surface area contributed by atoms with E-state index in [4.69, 9.17) is 11.6 Å². The van der Waals surface area contributed by atoms with Crippen LogP contribution in [-0.4, -0.2) is 22.0 Å². The lowest BCUT2D eigenvalue weighted by Crippen LogP contribution is -2.28. The molecule has 1 aromatic heterocycles. The van der Waals surface area contributed by atoms with Crippen LogP contribution in [0.25, 0.3) is 0 Å². The molecule has 0 bridgehead atoms. The first-order chi connectivity index (χ1) is 9.77. The molecule has 0 aliphatic rings. The highest BCUT2D eigenvalue weighted by Gasteiger charge is 2.16. The molecule has 2 rings (SSSR count). The maximum atomic E-state index is 11.9. The molecule has 20 heavy (non-hydrogen) atoms. The number of alkyl halides is 1. The van der Waals surface area contributed by atoms with Crippen molar-refractivity contribution in [3.8, 4) is 0 Å². The van der Waals surface area contributed by atoms with E-state index in [2.05, 4.69) is 10.3 Å². The van der Waals surface area contributed by atoms with E-state index in [0.717, 1.165) is 24.9 Å². The first-order valence-corrected chi connectivity index (χ1v) is 7.13. The standard InChI is InChI=1S/C15H18ClN3O/c16-14(13-6-2-1-3-7-13)15(20)18-8-4-5-10-19-11-9-17-12-19/h1-3,6-7,9,11-12,14H,4-5,8,10H2,(H,18,20). The third kappa shape index (κ3) is 4.38. The average molecular weight is 292 g/mol. The second kappa shape index (κ2) is 7.70. The molecule has 0 fully saturated rings. The summed E-state index contributed by atoms with van der Waals surface area (Å²) in [6.45, 7) is 1.56. The van der Waals surface area contributed by atoms with Gasteiger partial charge in [0.25, 0.3) is 0 Å². The predicted molar refractivity (Wildman–Crippen MR) is 79.5 cm³/mol. The minimum atomic E-state index is -0.621. The van der Waals surface area contributed by atoms with Gasteiger partial charge in [-0.25, -0.2) is 4.98 Å². The fraction of sp³-hybridized carbons (Fsp3) is 0.333. The van der Waals surface area contributed by atoms with Gasteiger partial charge in [0.1, 0.15) is 5.38 Å². The molecule has 1 aromatic carbocycles. The summed E-state index contributed by atoms with van der Waals surface area (Å²) in [5, 5.41) is 2.24. The predicted octanol–water partition coefficient (Wildman–Crippen LogP) is 2.76. The molecule has 1 atom stereocenters. The molecule has 5 heteroatoms. The Morgan fingerprint density at radius 3 is 2.80 bits per heavy atom. The number of nitrogens with zero attached hydrogens (tertiary/aromatic N) is 2. The molecular weight excluding hydrogens is 274 g/mol. The third-order valence-corrected chi connectivity index (χ3v) is 3.47. The molecule has 0 aliphatic heterocycles. The monoisotopic (exact) mass is 291 g/mol. The van der Waals surface area contributed by atoms with E-state index in [-0.39, 0.29) is 5.91 Å². The first-order valence-electron chi connectivity index (χ1n) is 6.70. The molecule has 1 amide bonds. The van der Waals surface area contributed by atoms with Crippen LogP contribution >= 0.6 is 11.6 Å². The average Bonchev–Trinajstić information content (AvgIpc) is 3.00. The fourth-order valence-electron chi connectivity index (χ4n) is 1.91. The Hall–Kier alpha value is -1.81. The van der Waals surface area contributed by atoms with Crippen LogP contribution in [-0.2, 0) is 11.3 Å². The van der Waals surface area contributed by atoms with Gasteiger partial charge in [-0.05, 0) is 18.4 Å². The molecule has 1 N–H and O–H groups in total. The van der Waals surface area contributed by atoms with Crippen LogP contribution in [0, 0.1) is 0 Å². The smallest absolute Gasteiger partial charge is 0.242 e. The van der Waals surface area contributed by atoms with Gasteiger partial charge >= 0.3 is 0 Å². The second-order valence-corrected chi connectivity index (χ2v) is 5.01. The number of benzene rings is 1. The van der Waals surface area contributed by atoms with Crippen LogP contribution in [0.15, 0.2) is 49.1 Å². The Balaban J connectivity index is 1.65. The zero-order valence-electron chi connectivity index (χ0n) is 11.2. The summed E-state index contributed by atoms with van der Waals surface area (Å²) in [7, 11) is 0. The quantitative estimate of drug-likeness (QED) is 0.630. The molecule has 1 unspecified atom stereocenters. The Labute approximate surface area is 123 Å². The number of carbonyl (C=O) groups is 1. The van der Waals surface area contributed by atoms with Gasteiger partial charge in [0.05, 0.1) is 6.33 Å². The third-order valence-electron chi connectivity index (χ3n) is 3.02. The number of imidazole rings is 1. The molecule has 0 radical (unpaired) electrons. The van der Waals surface area contributed by atoms with E-state index < -0.39 is 5.38 Å². The summed E-state index contributed by atoms with van der Waals surface area (Å²) in [6.07, 6.45) is 7.41. The summed E-state index contributed by atoms with van der Waals surface area (Å²) < 4.78 is 2.02. The maximum absolute atomic E-state index is 11.9. The Morgan fingerprint density at radius 1 is 1.30 bits per heavy atom. The van der Waals surface area contributed by atoms with Crippen molar-refractivity contribution in [2.45, 2.75) is 24.8 Å². The number of carbonyl (C=O) groups excluding carboxylic acids is 1. The van der Waals surface area contributed by atoms with Crippen molar-refractivity contribution in [3.05, 3.63) is 54.6 Å². The van der Waals surface area contributed by atoms with Crippen molar-refractivity contribution in [1.29, 1.82) is 0 Å². The highest BCUT2D eigenvalue weighted by Crippen LogP contribution is 2.19. The van der Waals surface area contributed by atoms with Crippen molar-refractivity contribution < 1.29 is 4.79 Å². The van der Waals surface area contributed by atoms with E-state index in [0.29, 0.717) is 6.54 Å². The number of aromatic nitrogens is 2. The number of unbranched alkanes of at least 4 members (excludes halogenated alkanes) is 1. The zero-order chi connectivity index (χ0) is 14.2. The summed E-state index contributed by atoms with van der Waals surface area (Å²) >= 11 is 6.13. The van der Waals surface area contributed by atoms with Gasteiger partial charge in [-0.15, -0.1) is 11.6 Å². The lowest BCUT2D eigenvalue weighted by atomic mass is 10.1. The van der Waals surface area contributed by atoms with Crippen LogP contribution in [0.4, 0.5) is 0 Å². The molecule has 0 saturated carbocycles. The van der Waals surface area contributed by atoms with Crippen molar-refractivity contribution in [1.82, 2.24) is 14.9 Å². The van der Waals surface area contributed by atoms with Crippen molar-refractivity contribution in [2.75, 3.05) is 6.54 Å². The lowest BCUT2D eigenvalue weighted by Gasteiger charge is -2.10. The number of rotatable bonds is 7. The number of hydrogen-bond donors (Lipinski definition) is 1. The van der Waals surface area contributed by atoms with Gasteiger partial charge in [-0.2, -0.15) is 0 Å². The van der Waals surface area contributed by atoms with Crippen LogP contribution in [0.5, 0.6) is 0 Å². The second-order valence-electron chi connectivity index (χ2n) is 4.57. The highest BCUT2D eigenvalue weighted by atomic mass is 35.5. The van der Waals surface area contributed by atoms with Crippen LogP contribution in [0.3, 0.4) is 0 Å². The SMILES string of the molecule is O=C(NCCCCn1ccnc1)C(Cl)c1ccccc1. The maximum Gasteiger partial charge on any atom is 0.242 e. The summed E-state index contributed by atoms with van der Waals surface area (Å²) in [5.74, 6) is -0.138.